The lowest BCUT2D eigenvalue weighted by molar-refractivity contribution is -0.148. The molecular weight excluding hydrogens is 256 g/mol. The van der Waals surface area contributed by atoms with Gasteiger partial charge in [0.05, 0.1) is 23.6 Å². The molecular formula is C15H18N2O3. The van der Waals surface area contributed by atoms with Crippen molar-refractivity contribution in [2.24, 2.45) is 5.92 Å². The van der Waals surface area contributed by atoms with Crippen LogP contribution in [0.25, 0.3) is 11.0 Å². The first-order valence-corrected chi connectivity index (χ1v) is 6.80. The van der Waals surface area contributed by atoms with Gasteiger partial charge in [-0.25, -0.2) is 4.98 Å². The molecule has 0 aliphatic rings. The number of hydrogen-bond donors (Lipinski definition) is 1. The van der Waals surface area contributed by atoms with Crippen LogP contribution in [0.1, 0.15) is 26.0 Å². The third kappa shape index (κ3) is 3.04. The van der Waals surface area contributed by atoms with Crippen molar-refractivity contribution in [1.29, 1.82) is 0 Å². The third-order valence-electron chi connectivity index (χ3n) is 3.22. The van der Waals surface area contributed by atoms with Gasteiger partial charge >= 0.3 is 5.97 Å². The van der Waals surface area contributed by atoms with Gasteiger partial charge in [0.2, 0.25) is 0 Å². The zero-order valence-electron chi connectivity index (χ0n) is 11.7. The smallest absolute Gasteiger partial charge is 0.309 e. The third-order valence-corrected chi connectivity index (χ3v) is 3.22. The highest BCUT2D eigenvalue weighted by Crippen LogP contribution is 2.13. The fraction of sp³-hybridized carbons (Fsp3) is 0.400. The molecule has 5 nitrogen and oxygen atoms in total. The Morgan fingerprint density at radius 2 is 2.10 bits per heavy atom. The topological polar surface area (TPSA) is 72.0 Å². The second kappa shape index (κ2) is 6.32. The Kier molecular flexibility index (Phi) is 4.50. The van der Waals surface area contributed by atoms with Crippen LogP contribution in [-0.4, -0.2) is 22.5 Å². The summed E-state index contributed by atoms with van der Waals surface area (Å²) in [5.41, 5.74) is 1.56. The van der Waals surface area contributed by atoms with Gasteiger partial charge in [-0.15, -0.1) is 0 Å². The van der Waals surface area contributed by atoms with Crippen LogP contribution >= 0.6 is 0 Å². The molecule has 1 heterocycles. The molecule has 0 saturated heterocycles. The molecule has 106 valence electrons. The van der Waals surface area contributed by atoms with E-state index < -0.39 is 0 Å². The Labute approximate surface area is 117 Å². The Morgan fingerprint density at radius 3 is 2.80 bits per heavy atom. The first-order chi connectivity index (χ1) is 9.65. The molecule has 0 spiro atoms. The normalized spacial score (nSPS) is 12.3. The minimum atomic E-state index is -0.329. The number of para-hydroxylation sites is 2. The quantitative estimate of drug-likeness (QED) is 0.847. The standard InChI is InChI=1S/C15H18N2O3/c1-3-10(15(19)20-4-2)9-13-14(18)17-12-8-6-5-7-11(12)16-13/h5-8,10H,3-4,9H2,1-2H3,(H,17,18). The van der Waals surface area contributed by atoms with Crippen LogP contribution in [0, 0.1) is 5.92 Å². The van der Waals surface area contributed by atoms with Crippen LogP contribution < -0.4 is 5.56 Å². The maximum Gasteiger partial charge on any atom is 0.309 e. The number of esters is 1. The van der Waals surface area contributed by atoms with Gasteiger partial charge in [0.15, 0.2) is 0 Å². The summed E-state index contributed by atoms with van der Waals surface area (Å²) in [7, 11) is 0. The van der Waals surface area contributed by atoms with E-state index in [1.165, 1.54) is 0 Å². The summed E-state index contributed by atoms with van der Waals surface area (Å²) in [5, 5.41) is 0. The number of aromatic nitrogens is 2. The molecule has 0 aliphatic carbocycles. The summed E-state index contributed by atoms with van der Waals surface area (Å²) in [4.78, 5) is 30.9. The Bertz CT molecular complexity index is 663. The predicted molar refractivity (Wildman–Crippen MR) is 76.5 cm³/mol. The van der Waals surface area contributed by atoms with Crippen LogP contribution in [0.4, 0.5) is 0 Å². The van der Waals surface area contributed by atoms with Crippen molar-refractivity contribution in [2.45, 2.75) is 26.7 Å². The van der Waals surface area contributed by atoms with Crippen LogP contribution in [0.5, 0.6) is 0 Å². The van der Waals surface area contributed by atoms with Crippen LogP contribution in [-0.2, 0) is 16.0 Å². The average Bonchev–Trinajstić information content (AvgIpc) is 2.45. The number of fused-ring (bicyclic) bond motifs is 1. The van der Waals surface area contributed by atoms with E-state index in [4.69, 9.17) is 4.74 Å². The number of aromatic amines is 1. The first-order valence-electron chi connectivity index (χ1n) is 6.80. The first kappa shape index (κ1) is 14.2. The van der Waals surface area contributed by atoms with Crippen LogP contribution in [0.2, 0.25) is 0 Å². The number of nitrogens with zero attached hydrogens (tertiary/aromatic N) is 1. The van der Waals surface area contributed by atoms with E-state index in [0.29, 0.717) is 30.7 Å². The van der Waals surface area contributed by atoms with E-state index in [-0.39, 0.29) is 17.4 Å². The SMILES string of the molecule is CCOC(=O)C(CC)Cc1nc2ccccc2[nH]c1=O. The molecule has 20 heavy (non-hydrogen) atoms. The molecule has 1 unspecified atom stereocenters. The Morgan fingerprint density at radius 1 is 1.35 bits per heavy atom. The Hall–Kier alpha value is -2.17. The number of carbonyl (C=O) groups is 1. The molecule has 0 saturated carbocycles. The average molecular weight is 274 g/mol. The van der Waals surface area contributed by atoms with Gasteiger partial charge in [-0.3, -0.25) is 9.59 Å². The van der Waals surface area contributed by atoms with Crippen molar-refractivity contribution in [3.05, 3.63) is 40.3 Å². The highest BCUT2D eigenvalue weighted by molar-refractivity contribution is 5.74. The number of hydrogen-bond acceptors (Lipinski definition) is 4. The van der Waals surface area contributed by atoms with E-state index in [0.717, 1.165) is 5.52 Å². The summed E-state index contributed by atoms with van der Waals surface area (Å²) in [6.07, 6.45) is 0.919. The zero-order valence-corrected chi connectivity index (χ0v) is 11.7. The molecule has 0 amide bonds. The maximum absolute atomic E-state index is 12.0. The Balaban J connectivity index is 2.30. The van der Waals surface area contributed by atoms with Crippen molar-refractivity contribution in [3.63, 3.8) is 0 Å². The van der Waals surface area contributed by atoms with Gasteiger partial charge < -0.3 is 9.72 Å². The second-order valence-electron chi connectivity index (χ2n) is 4.59. The van der Waals surface area contributed by atoms with Crippen LogP contribution in [0.3, 0.4) is 0 Å². The fourth-order valence-corrected chi connectivity index (χ4v) is 2.09. The minimum Gasteiger partial charge on any atom is -0.466 e. The number of carbonyl (C=O) groups excluding carboxylic acids is 1. The van der Waals surface area contributed by atoms with Gasteiger partial charge in [0.25, 0.3) is 5.56 Å². The fourth-order valence-electron chi connectivity index (χ4n) is 2.09. The number of ether oxygens (including phenoxy) is 1. The highest BCUT2D eigenvalue weighted by Gasteiger charge is 2.20. The van der Waals surface area contributed by atoms with Crippen LogP contribution in [0.15, 0.2) is 29.1 Å². The van der Waals surface area contributed by atoms with Gasteiger partial charge in [-0.1, -0.05) is 19.1 Å². The van der Waals surface area contributed by atoms with Crippen molar-refractivity contribution in [3.8, 4) is 0 Å². The lowest BCUT2D eigenvalue weighted by Gasteiger charge is -2.12. The van der Waals surface area contributed by atoms with E-state index >= 15 is 0 Å². The second-order valence-corrected chi connectivity index (χ2v) is 4.59. The molecule has 2 aromatic rings. The van der Waals surface area contributed by atoms with Crippen molar-refractivity contribution in [1.82, 2.24) is 9.97 Å². The largest absolute Gasteiger partial charge is 0.466 e. The summed E-state index contributed by atoms with van der Waals surface area (Å²) in [6.45, 7) is 4.01. The zero-order chi connectivity index (χ0) is 14.5. The molecule has 5 heteroatoms. The highest BCUT2D eigenvalue weighted by atomic mass is 16.5. The van der Waals surface area contributed by atoms with Gasteiger partial charge in [-0.05, 0) is 25.5 Å². The van der Waals surface area contributed by atoms with E-state index in [1.54, 1.807) is 13.0 Å². The minimum absolute atomic E-state index is 0.244. The number of H-pyrrole nitrogens is 1. The van der Waals surface area contributed by atoms with Crippen molar-refractivity contribution < 1.29 is 9.53 Å². The number of benzene rings is 1. The molecule has 1 aromatic heterocycles. The van der Waals surface area contributed by atoms with E-state index in [2.05, 4.69) is 9.97 Å². The molecule has 1 N–H and O–H groups in total. The molecule has 0 bridgehead atoms. The summed E-state index contributed by atoms with van der Waals surface area (Å²) < 4.78 is 5.02. The van der Waals surface area contributed by atoms with E-state index in [9.17, 15) is 9.59 Å². The maximum atomic E-state index is 12.0. The molecule has 1 atom stereocenters. The predicted octanol–water partition coefficient (Wildman–Crippen LogP) is 2.05. The summed E-state index contributed by atoms with van der Waals surface area (Å²) >= 11 is 0. The molecule has 0 radical (unpaired) electrons. The summed E-state index contributed by atoms with van der Waals surface area (Å²) in [5.74, 6) is -0.603. The molecule has 0 aliphatic heterocycles. The van der Waals surface area contributed by atoms with E-state index in [1.807, 2.05) is 25.1 Å². The molecule has 1 aromatic carbocycles. The van der Waals surface area contributed by atoms with Crippen molar-refractivity contribution in [2.75, 3.05) is 6.61 Å². The monoisotopic (exact) mass is 274 g/mol. The van der Waals surface area contributed by atoms with Gasteiger partial charge in [-0.2, -0.15) is 0 Å². The van der Waals surface area contributed by atoms with Gasteiger partial charge in [0, 0.05) is 6.42 Å². The number of nitrogens with one attached hydrogen (secondary N) is 1. The molecule has 0 fully saturated rings. The lowest BCUT2D eigenvalue weighted by Crippen LogP contribution is -2.24. The summed E-state index contributed by atoms with van der Waals surface area (Å²) in [6, 6.07) is 7.34. The molecule has 2 rings (SSSR count). The van der Waals surface area contributed by atoms with Crippen molar-refractivity contribution >= 4 is 17.0 Å². The lowest BCUT2D eigenvalue weighted by atomic mass is 10.0. The van der Waals surface area contributed by atoms with Gasteiger partial charge in [0.1, 0.15) is 5.69 Å². The number of rotatable bonds is 5.